The van der Waals surface area contributed by atoms with E-state index in [1.807, 2.05) is 0 Å². The number of allylic oxidation sites excluding steroid dienone is 4. The van der Waals surface area contributed by atoms with Crippen LogP contribution in [0, 0.1) is 0 Å². The third kappa shape index (κ3) is 3.43. The molecule has 0 aromatic heterocycles. The summed E-state index contributed by atoms with van der Waals surface area (Å²) in [6.07, 6.45) is 4.77. The van der Waals surface area contributed by atoms with Gasteiger partial charge in [0.05, 0.1) is 10.7 Å². The summed E-state index contributed by atoms with van der Waals surface area (Å²) in [5.41, 5.74) is 0.245. The number of hydrogen-bond donors (Lipinski definition) is 0. The summed E-state index contributed by atoms with van der Waals surface area (Å²) in [6, 6.07) is 0. The minimum Gasteiger partial charge on any atom is -0.290 e. The molecule has 0 atom stereocenters. The zero-order valence-corrected chi connectivity index (χ0v) is 9.50. The quantitative estimate of drug-likeness (QED) is 0.552. The summed E-state index contributed by atoms with van der Waals surface area (Å²) in [6.45, 7) is 0. The minimum absolute atomic E-state index is 0.199. The monoisotopic (exact) mass is 279 g/mol. The van der Waals surface area contributed by atoms with Crippen molar-refractivity contribution in [1.29, 1.82) is 0 Å². The Morgan fingerprint density at radius 3 is 2.57 bits per heavy atom. The molecule has 0 bridgehead atoms. The van der Waals surface area contributed by atoms with Gasteiger partial charge in [-0.1, -0.05) is 5.16 Å². The SMILES string of the molecule is CS(=O)(=O)O/N=C1\C=CC(=O)C=C1Br. The van der Waals surface area contributed by atoms with E-state index in [4.69, 9.17) is 0 Å². The fourth-order valence-corrected chi connectivity index (χ4v) is 1.32. The first-order valence-corrected chi connectivity index (χ1v) is 6.06. The highest BCUT2D eigenvalue weighted by molar-refractivity contribution is 9.12. The fourth-order valence-electron chi connectivity index (χ4n) is 0.670. The molecule has 1 rings (SSSR count). The summed E-state index contributed by atoms with van der Waals surface area (Å²) in [7, 11) is -3.61. The Bertz CT molecular complexity index is 446. The number of nitrogens with zero attached hydrogens (tertiary/aromatic N) is 1. The van der Waals surface area contributed by atoms with Gasteiger partial charge in [0.1, 0.15) is 5.71 Å². The second-order valence-corrected chi connectivity index (χ2v) is 4.89. The van der Waals surface area contributed by atoms with Gasteiger partial charge in [0.25, 0.3) is 0 Å². The molecule has 7 heteroatoms. The molecule has 0 aromatic carbocycles. The largest absolute Gasteiger partial charge is 0.325 e. The normalized spacial score (nSPS) is 19.7. The van der Waals surface area contributed by atoms with Gasteiger partial charge in [0, 0.05) is 6.08 Å². The number of oxime groups is 1. The number of carbonyl (C=O) groups is 1. The van der Waals surface area contributed by atoms with Crippen molar-refractivity contribution in [2.45, 2.75) is 0 Å². The Balaban J connectivity index is 2.86. The third-order valence-corrected chi connectivity index (χ3v) is 2.17. The first kappa shape index (κ1) is 11.1. The number of carbonyl (C=O) groups excluding carboxylic acids is 1. The van der Waals surface area contributed by atoms with Crippen molar-refractivity contribution in [3.8, 4) is 0 Å². The summed E-state index contributed by atoms with van der Waals surface area (Å²) in [5, 5.41) is 3.34. The van der Waals surface area contributed by atoms with Crippen molar-refractivity contribution in [2.24, 2.45) is 5.16 Å². The van der Waals surface area contributed by atoms with Crippen molar-refractivity contribution in [3.05, 3.63) is 22.7 Å². The van der Waals surface area contributed by atoms with Gasteiger partial charge in [-0.15, -0.1) is 0 Å². The smallest absolute Gasteiger partial charge is 0.290 e. The van der Waals surface area contributed by atoms with Gasteiger partial charge < -0.3 is 0 Å². The molecule has 0 aromatic rings. The highest BCUT2D eigenvalue weighted by atomic mass is 79.9. The number of ketones is 1. The average Bonchev–Trinajstić information content (AvgIpc) is 2.00. The molecule has 0 spiro atoms. The van der Waals surface area contributed by atoms with Crippen molar-refractivity contribution in [1.82, 2.24) is 0 Å². The van der Waals surface area contributed by atoms with Crippen molar-refractivity contribution in [3.63, 3.8) is 0 Å². The van der Waals surface area contributed by atoms with E-state index in [2.05, 4.69) is 25.4 Å². The maximum Gasteiger partial charge on any atom is 0.325 e. The summed E-state index contributed by atoms with van der Waals surface area (Å²) >= 11 is 3.05. The molecular weight excluding hydrogens is 274 g/mol. The lowest BCUT2D eigenvalue weighted by Gasteiger charge is -2.02. The Kier molecular flexibility index (Phi) is 3.22. The van der Waals surface area contributed by atoms with Crippen LogP contribution in [0.25, 0.3) is 0 Å². The van der Waals surface area contributed by atoms with Crippen LogP contribution in [-0.2, 0) is 19.2 Å². The highest BCUT2D eigenvalue weighted by Gasteiger charge is 2.10. The van der Waals surface area contributed by atoms with Crippen molar-refractivity contribution in [2.75, 3.05) is 6.26 Å². The van der Waals surface area contributed by atoms with Crippen molar-refractivity contribution < 1.29 is 17.5 Å². The van der Waals surface area contributed by atoms with Crippen LogP contribution in [0.4, 0.5) is 0 Å². The van der Waals surface area contributed by atoms with E-state index in [9.17, 15) is 13.2 Å². The molecular formula is C7H6BrNO4S. The van der Waals surface area contributed by atoms with Crippen LogP contribution >= 0.6 is 15.9 Å². The van der Waals surface area contributed by atoms with E-state index in [0.717, 1.165) is 6.26 Å². The van der Waals surface area contributed by atoms with Crippen LogP contribution in [0.1, 0.15) is 0 Å². The zero-order valence-electron chi connectivity index (χ0n) is 7.10. The van der Waals surface area contributed by atoms with Gasteiger partial charge in [-0.25, -0.2) is 0 Å². The Labute approximate surface area is 89.4 Å². The van der Waals surface area contributed by atoms with Gasteiger partial charge in [-0.2, -0.15) is 8.42 Å². The molecule has 0 heterocycles. The Hall–Kier alpha value is -0.950. The lowest BCUT2D eigenvalue weighted by atomic mass is 10.2. The van der Waals surface area contributed by atoms with Crippen LogP contribution in [0.15, 0.2) is 27.9 Å². The molecule has 0 unspecified atom stereocenters. The zero-order chi connectivity index (χ0) is 10.8. The molecule has 0 fully saturated rings. The Morgan fingerprint density at radius 2 is 2.07 bits per heavy atom. The van der Waals surface area contributed by atoms with E-state index in [-0.39, 0.29) is 11.5 Å². The van der Waals surface area contributed by atoms with Gasteiger partial charge in [-0.3, -0.25) is 9.08 Å². The van der Waals surface area contributed by atoms with E-state index >= 15 is 0 Å². The van der Waals surface area contributed by atoms with Crippen LogP contribution < -0.4 is 0 Å². The molecule has 76 valence electrons. The molecule has 1 aliphatic rings. The number of hydrogen-bond acceptors (Lipinski definition) is 5. The summed E-state index contributed by atoms with van der Waals surface area (Å²) in [5.74, 6) is -0.199. The van der Waals surface area contributed by atoms with E-state index < -0.39 is 10.1 Å². The standard InChI is InChI=1S/C7H6BrNO4S/c1-14(11,12)13-9-7-3-2-5(10)4-6(7)8/h2-4H,1H3/b9-7+. The molecule has 0 N–H and O–H groups in total. The number of rotatable bonds is 2. The lowest BCUT2D eigenvalue weighted by Crippen LogP contribution is -2.06. The van der Waals surface area contributed by atoms with E-state index in [1.165, 1.54) is 18.2 Å². The van der Waals surface area contributed by atoms with Crippen LogP contribution in [0.3, 0.4) is 0 Å². The van der Waals surface area contributed by atoms with E-state index in [1.54, 1.807) is 0 Å². The molecule has 14 heavy (non-hydrogen) atoms. The van der Waals surface area contributed by atoms with Gasteiger partial charge in [0.15, 0.2) is 5.78 Å². The molecule has 0 aliphatic heterocycles. The fraction of sp³-hybridized carbons (Fsp3) is 0.143. The van der Waals surface area contributed by atoms with Crippen LogP contribution in [0.2, 0.25) is 0 Å². The summed E-state index contributed by atoms with van der Waals surface area (Å²) in [4.78, 5) is 10.8. The molecule has 0 amide bonds. The lowest BCUT2D eigenvalue weighted by molar-refractivity contribution is -0.110. The van der Waals surface area contributed by atoms with Gasteiger partial charge in [0.2, 0.25) is 0 Å². The molecule has 5 nitrogen and oxygen atoms in total. The van der Waals surface area contributed by atoms with Crippen molar-refractivity contribution >= 4 is 37.5 Å². The van der Waals surface area contributed by atoms with Gasteiger partial charge >= 0.3 is 10.1 Å². The molecule has 0 saturated heterocycles. The summed E-state index contributed by atoms with van der Waals surface area (Å²) < 4.78 is 25.8. The predicted molar refractivity (Wildman–Crippen MR) is 54.5 cm³/mol. The van der Waals surface area contributed by atoms with Gasteiger partial charge in [-0.05, 0) is 28.1 Å². The molecule has 0 radical (unpaired) electrons. The van der Waals surface area contributed by atoms with Crippen LogP contribution in [-0.4, -0.2) is 26.2 Å². The molecule has 0 saturated carbocycles. The maximum atomic E-state index is 10.8. The van der Waals surface area contributed by atoms with E-state index in [0.29, 0.717) is 4.48 Å². The third-order valence-electron chi connectivity index (χ3n) is 1.19. The Morgan fingerprint density at radius 1 is 1.43 bits per heavy atom. The minimum atomic E-state index is -3.61. The topological polar surface area (TPSA) is 72.8 Å². The first-order valence-electron chi connectivity index (χ1n) is 3.45. The average molecular weight is 280 g/mol. The van der Waals surface area contributed by atoms with Crippen LogP contribution in [0.5, 0.6) is 0 Å². The first-order chi connectivity index (χ1) is 6.38. The highest BCUT2D eigenvalue weighted by Crippen LogP contribution is 2.14. The second kappa shape index (κ2) is 4.05. The molecule has 1 aliphatic carbocycles. The maximum absolute atomic E-state index is 10.8. The second-order valence-electron chi connectivity index (χ2n) is 2.48. The predicted octanol–water partition coefficient (Wildman–Crippen LogP) is 0.736. The number of halogens is 1.